The number of hydrogen-bond donors (Lipinski definition) is 1. The van der Waals surface area contributed by atoms with Gasteiger partial charge in [0.25, 0.3) is 0 Å². The molecule has 0 spiro atoms. The van der Waals surface area contributed by atoms with Gasteiger partial charge in [0.1, 0.15) is 17.1 Å². The van der Waals surface area contributed by atoms with Gasteiger partial charge in [0, 0.05) is 17.0 Å². The van der Waals surface area contributed by atoms with Crippen LogP contribution in [0.3, 0.4) is 0 Å². The highest BCUT2D eigenvalue weighted by atomic mass is 79.9. The topological polar surface area (TPSA) is 34.4 Å². The van der Waals surface area contributed by atoms with Gasteiger partial charge in [-0.1, -0.05) is 13.8 Å². The van der Waals surface area contributed by atoms with Crippen molar-refractivity contribution in [2.24, 2.45) is 5.92 Å². The molecule has 1 aromatic carbocycles. The zero-order chi connectivity index (χ0) is 15.0. The lowest BCUT2D eigenvalue weighted by atomic mass is 9.99. The highest BCUT2D eigenvalue weighted by molar-refractivity contribution is 9.10. The fraction of sp³-hybridized carbons (Fsp3) is 0.529. The second-order valence-electron chi connectivity index (χ2n) is 6.24. The summed E-state index contributed by atoms with van der Waals surface area (Å²) in [5, 5.41) is 4.72. The van der Waals surface area contributed by atoms with Gasteiger partial charge in [-0.25, -0.2) is 0 Å². The fourth-order valence-corrected chi connectivity index (χ4v) is 3.17. The van der Waals surface area contributed by atoms with E-state index in [0.717, 1.165) is 34.5 Å². The molecule has 1 aromatic heterocycles. The highest BCUT2D eigenvalue weighted by Gasteiger charge is 2.23. The van der Waals surface area contributed by atoms with Gasteiger partial charge >= 0.3 is 0 Å². The van der Waals surface area contributed by atoms with Crippen LogP contribution in [0.2, 0.25) is 0 Å². The van der Waals surface area contributed by atoms with Crippen LogP contribution in [0, 0.1) is 5.92 Å². The maximum Gasteiger partial charge on any atom is 0.149 e. The molecule has 0 saturated heterocycles. The molecule has 3 nitrogen and oxygen atoms in total. The van der Waals surface area contributed by atoms with Crippen LogP contribution in [-0.2, 0) is 13.0 Å². The van der Waals surface area contributed by atoms with E-state index in [1.54, 1.807) is 7.11 Å². The molecule has 0 unspecified atom stereocenters. The average Bonchev–Trinajstić information content (AvgIpc) is 3.20. The lowest BCUT2D eigenvalue weighted by molar-refractivity contribution is 0.415. The Hall–Kier alpha value is -1.00. The summed E-state index contributed by atoms with van der Waals surface area (Å²) in [5.74, 6) is 2.52. The Bertz CT molecular complexity index is 644. The quantitative estimate of drug-likeness (QED) is 0.822. The van der Waals surface area contributed by atoms with Crippen molar-refractivity contribution in [3.63, 3.8) is 0 Å². The molecule has 1 N–H and O–H groups in total. The molecule has 0 aliphatic heterocycles. The van der Waals surface area contributed by atoms with Crippen LogP contribution in [0.15, 0.2) is 21.0 Å². The molecule has 2 aromatic rings. The molecular weight excluding hydrogens is 330 g/mol. The lowest BCUT2D eigenvalue weighted by Gasteiger charge is -2.07. The Morgan fingerprint density at radius 3 is 2.76 bits per heavy atom. The minimum absolute atomic E-state index is 0.593. The van der Waals surface area contributed by atoms with E-state index in [2.05, 4.69) is 41.2 Å². The zero-order valence-corrected chi connectivity index (χ0v) is 14.4. The molecule has 4 heteroatoms. The van der Waals surface area contributed by atoms with Crippen molar-refractivity contribution in [1.29, 1.82) is 0 Å². The molecular formula is C17H22BrNO2. The largest absolute Gasteiger partial charge is 0.497 e. The Kier molecular flexibility index (Phi) is 4.27. The third-order valence-corrected chi connectivity index (χ3v) is 4.47. The number of furan rings is 1. The van der Waals surface area contributed by atoms with Crippen molar-refractivity contribution in [3.05, 3.63) is 27.9 Å². The Morgan fingerprint density at radius 2 is 2.14 bits per heavy atom. The van der Waals surface area contributed by atoms with E-state index in [4.69, 9.17) is 9.15 Å². The van der Waals surface area contributed by atoms with Gasteiger partial charge in [0.05, 0.1) is 18.1 Å². The van der Waals surface area contributed by atoms with Crippen LogP contribution in [0.1, 0.15) is 38.0 Å². The predicted octanol–water partition coefficient (Wildman–Crippen LogP) is 4.65. The first-order valence-electron chi connectivity index (χ1n) is 7.59. The fourth-order valence-electron chi connectivity index (χ4n) is 2.65. The molecule has 1 saturated carbocycles. The molecule has 21 heavy (non-hydrogen) atoms. The molecule has 1 heterocycles. The number of halogens is 1. The monoisotopic (exact) mass is 351 g/mol. The van der Waals surface area contributed by atoms with Gasteiger partial charge in [-0.15, -0.1) is 0 Å². The van der Waals surface area contributed by atoms with Crippen LogP contribution >= 0.6 is 15.9 Å². The molecule has 0 radical (unpaired) electrons. The summed E-state index contributed by atoms with van der Waals surface area (Å²) in [4.78, 5) is 0. The number of nitrogens with one attached hydrogen (secondary N) is 1. The van der Waals surface area contributed by atoms with Crippen LogP contribution in [-0.4, -0.2) is 13.2 Å². The maximum absolute atomic E-state index is 6.14. The van der Waals surface area contributed by atoms with Crippen molar-refractivity contribution in [2.75, 3.05) is 7.11 Å². The minimum atomic E-state index is 0.593. The van der Waals surface area contributed by atoms with Crippen molar-refractivity contribution >= 4 is 26.9 Å². The number of hydrogen-bond acceptors (Lipinski definition) is 3. The smallest absolute Gasteiger partial charge is 0.149 e. The second kappa shape index (κ2) is 6.01. The maximum atomic E-state index is 6.14. The standard InChI is InChI=1S/C17H22BrNO2/c1-10(2)6-13-14-7-12(20-3)8-15(18)17(14)21-16(13)9-19-11-4-5-11/h7-8,10-11,19H,4-6,9H2,1-3H3. The van der Waals surface area contributed by atoms with Gasteiger partial charge < -0.3 is 14.5 Å². The van der Waals surface area contributed by atoms with Gasteiger partial charge in [0.2, 0.25) is 0 Å². The average molecular weight is 352 g/mol. The molecule has 114 valence electrons. The number of benzene rings is 1. The van der Waals surface area contributed by atoms with E-state index >= 15 is 0 Å². The van der Waals surface area contributed by atoms with Crippen molar-refractivity contribution < 1.29 is 9.15 Å². The number of ether oxygens (including phenoxy) is 1. The summed E-state index contributed by atoms with van der Waals surface area (Å²) in [5.41, 5.74) is 2.24. The van der Waals surface area contributed by atoms with E-state index in [-0.39, 0.29) is 0 Å². The molecule has 1 fully saturated rings. The van der Waals surface area contributed by atoms with E-state index < -0.39 is 0 Å². The van der Waals surface area contributed by atoms with Gasteiger partial charge in [-0.3, -0.25) is 0 Å². The first-order valence-corrected chi connectivity index (χ1v) is 8.39. The molecule has 0 bridgehead atoms. The molecule has 3 rings (SSSR count). The molecule has 0 amide bonds. The number of rotatable bonds is 6. The summed E-state index contributed by atoms with van der Waals surface area (Å²) in [6, 6.07) is 4.73. The third kappa shape index (κ3) is 3.27. The minimum Gasteiger partial charge on any atom is -0.497 e. The van der Waals surface area contributed by atoms with Crippen molar-refractivity contribution in [1.82, 2.24) is 5.32 Å². The Morgan fingerprint density at radius 1 is 1.38 bits per heavy atom. The van der Waals surface area contributed by atoms with Gasteiger partial charge in [0.15, 0.2) is 0 Å². The Balaban J connectivity index is 2.04. The van der Waals surface area contributed by atoms with E-state index in [9.17, 15) is 0 Å². The van der Waals surface area contributed by atoms with E-state index in [0.29, 0.717) is 12.0 Å². The highest BCUT2D eigenvalue weighted by Crippen LogP contribution is 2.36. The number of fused-ring (bicyclic) bond motifs is 1. The van der Waals surface area contributed by atoms with Gasteiger partial charge in [-0.05, 0) is 53.2 Å². The SMILES string of the molecule is COc1cc(Br)c2oc(CNC3CC3)c(CC(C)C)c2c1. The Labute approximate surface area is 134 Å². The van der Waals surface area contributed by atoms with Gasteiger partial charge in [-0.2, -0.15) is 0 Å². The van der Waals surface area contributed by atoms with Crippen LogP contribution in [0.25, 0.3) is 11.0 Å². The van der Waals surface area contributed by atoms with Crippen LogP contribution < -0.4 is 10.1 Å². The first-order chi connectivity index (χ1) is 10.1. The first kappa shape index (κ1) is 14.9. The summed E-state index contributed by atoms with van der Waals surface area (Å²) >= 11 is 3.60. The normalized spacial score (nSPS) is 15.1. The van der Waals surface area contributed by atoms with Crippen LogP contribution in [0.5, 0.6) is 5.75 Å². The lowest BCUT2D eigenvalue weighted by Crippen LogP contribution is -2.16. The van der Waals surface area contributed by atoms with Crippen LogP contribution in [0.4, 0.5) is 0 Å². The summed E-state index contributed by atoms with van der Waals surface area (Å²) < 4.78 is 12.5. The van der Waals surface area contributed by atoms with E-state index in [1.165, 1.54) is 23.8 Å². The molecule has 0 atom stereocenters. The molecule has 1 aliphatic rings. The molecule has 1 aliphatic carbocycles. The summed E-state index contributed by atoms with van der Waals surface area (Å²) in [6.07, 6.45) is 3.60. The summed E-state index contributed by atoms with van der Waals surface area (Å²) in [6.45, 7) is 5.30. The second-order valence-corrected chi connectivity index (χ2v) is 7.10. The third-order valence-electron chi connectivity index (χ3n) is 3.88. The van der Waals surface area contributed by atoms with Crippen molar-refractivity contribution in [3.8, 4) is 5.75 Å². The van der Waals surface area contributed by atoms with E-state index in [1.807, 2.05) is 6.07 Å². The predicted molar refractivity (Wildman–Crippen MR) is 88.9 cm³/mol. The number of methoxy groups -OCH3 is 1. The van der Waals surface area contributed by atoms with Crippen molar-refractivity contribution in [2.45, 2.75) is 45.7 Å². The zero-order valence-electron chi connectivity index (χ0n) is 12.8. The summed E-state index contributed by atoms with van der Waals surface area (Å²) in [7, 11) is 1.70.